The first kappa shape index (κ1) is 14.0. The summed E-state index contributed by atoms with van der Waals surface area (Å²) in [7, 11) is 0. The van der Waals surface area contributed by atoms with E-state index in [4.69, 9.17) is 4.74 Å². The second-order valence-corrected chi connectivity index (χ2v) is 5.43. The Labute approximate surface area is 130 Å². The van der Waals surface area contributed by atoms with Crippen LogP contribution in [0.2, 0.25) is 0 Å². The number of hydrogen-bond acceptors (Lipinski definition) is 5. The largest absolute Gasteiger partial charge is 0.427 e. The first-order chi connectivity index (χ1) is 10.1. The summed E-state index contributed by atoms with van der Waals surface area (Å²) in [6.45, 7) is 0. The molecular formula is C12H7BrFN3O3S. The van der Waals surface area contributed by atoms with Gasteiger partial charge in [0.2, 0.25) is 11.6 Å². The normalized spacial score (nSPS) is 11.0. The lowest BCUT2D eigenvalue weighted by Gasteiger charge is -2.06. The van der Waals surface area contributed by atoms with Crippen LogP contribution in [0.3, 0.4) is 0 Å². The van der Waals surface area contributed by atoms with Gasteiger partial charge in [-0.05, 0) is 6.07 Å². The lowest BCUT2D eigenvalue weighted by atomic mass is 10.3. The molecule has 2 aromatic heterocycles. The van der Waals surface area contributed by atoms with Crippen LogP contribution in [0.25, 0.3) is 4.96 Å². The highest BCUT2D eigenvalue weighted by molar-refractivity contribution is 9.08. The molecule has 0 unspecified atom stereocenters. The van der Waals surface area contributed by atoms with Crippen LogP contribution in [-0.2, 0) is 5.33 Å². The number of nitro benzene ring substituents is 1. The molecule has 3 rings (SSSR count). The molecule has 0 aliphatic carbocycles. The summed E-state index contributed by atoms with van der Waals surface area (Å²) in [6.07, 6.45) is 1.80. The number of aromatic nitrogens is 2. The van der Waals surface area contributed by atoms with Crippen molar-refractivity contribution in [3.63, 3.8) is 0 Å². The van der Waals surface area contributed by atoms with Crippen molar-refractivity contribution < 1.29 is 14.1 Å². The number of alkyl halides is 1. The van der Waals surface area contributed by atoms with Gasteiger partial charge in [0.15, 0.2) is 10.8 Å². The Balaban J connectivity index is 2.10. The maximum absolute atomic E-state index is 13.8. The summed E-state index contributed by atoms with van der Waals surface area (Å²) in [6, 6.07) is 3.55. The molecular weight excluding hydrogens is 365 g/mol. The van der Waals surface area contributed by atoms with Crippen LogP contribution in [0, 0.1) is 15.9 Å². The average Bonchev–Trinajstić information content (AvgIpc) is 3.00. The number of hydrogen-bond donors (Lipinski definition) is 0. The van der Waals surface area contributed by atoms with Gasteiger partial charge in [0, 0.05) is 23.0 Å². The smallest absolute Gasteiger partial charge is 0.314 e. The topological polar surface area (TPSA) is 69.7 Å². The summed E-state index contributed by atoms with van der Waals surface area (Å²) in [5.74, 6) is -1.09. The highest BCUT2D eigenvalue weighted by Gasteiger charge is 2.23. The third-order valence-corrected chi connectivity index (χ3v) is 4.08. The zero-order chi connectivity index (χ0) is 15.0. The Morgan fingerprint density at radius 2 is 2.33 bits per heavy atom. The summed E-state index contributed by atoms with van der Waals surface area (Å²) in [5.41, 5.74) is 0.218. The van der Waals surface area contributed by atoms with E-state index in [0.717, 1.165) is 6.07 Å². The van der Waals surface area contributed by atoms with Crippen LogP contribution in [0.15, 0.2) is 29.8 Å². The number of nitro groups is 1. The maximum Gasteiger partial charge on any atom is 0.314 e. The van der Waals surface area contributed by atoms with Crippen LogP contribution in [-0.4, -0.2) is 14.3 Å². The Morgan fingerprint density at radius 3 is 3.05 bits per heavy atom. The Kier molecular flexibility index (Phi) is 3.60. The maximum atomic E-state index is 13.8. The van der Waals surface area contributed by atoms with Crippen molar-refractivity contribution in [2.75, 3.05) is 0 Å². The molecule has 0 radical (unpaired) electrons. The highest BCUT2D eigenvalue weighted by Crippen LogP contribution is 2.36. The molecule has 0 N–H and O–H groups in total. The molecule has 0 bridgehead atoms. The molecule has 1 aromatic carbocycles. The number of fused-ring (bicyclic) bond motifs is 1. The number of ether oxygens (including phenoxy) is 1. The predicted octanol–water partition coefficient (Wildman–Crippen LogP) is 4.13. The SMILES string of the molecule is O=[N+]([O-])c1cccc(F)c1Oc1nc2sccn2c1CBr. The summed E-state index contributed by atoms with van der Waals surface area (Å²) in [5, 5.41) is 13.2. The second-order valence-electron chi connectivity index (χ2n) is 4.00. The molecule has 3 aromatic rings. The molecule has 0 saturated carbocycles. The minimum absolute atomic E-state index is 0.145. The van der Waals surface area contributed by atoms with E-state index in [-0.39, 0.29) is 5.88 Å². The summed E-state index contributed by atoms with van der Waals surface area (Å²) >= 11 is 4.70. The van der Waals surface area contributed by atoms with Gasteiger partial charge in [-0.2, -0.15) is 4.98 Å². The first-order valence-electron chi connectivity index (χ1n) is 5.73. The van der Waals surface area contributed by atoms with Crippen molar-refractivity contribution in [2.24, 2.45) is 0 Å². The van der Waals surface area contributed by atoms with Gasteiger partial charge in [-0.15, -0.1) is 11.3 Å². The zero-order valence-corrected chi connectivity index (χ0v) is 12.7. The number of thiazole rings is 1. The molecule has 0 spiro atoms. The second kappa shape index (κ2) is 5.41. The number of para-hydroxylation sites is 1. The number of imidazole rings is 1. The molecule has 21 heavy (non-hydrogen) atoms. The van der Waals surface area contributed by atoms with E-state index in [1.165, 1.54) is 23.5 Å². The Hall–Kier alpha value is -2.00. The molecule has 0 aliphatic heterocycles. The van der Waals surface area contributed by atoms with Crippen molar-refractivity contribution in [3.05, 3.63) is 51.4 Å². The molecule has 0 saturated heterocycles. The molecule has 108 valence electrons. The van der Waals surface area contributed by atoms with Crippen LogP contribution in [0.5, 0.6) is 11.6 Å². The fourth-order valence-electron chi connectivity index (χ4n) is 1.85. The fraction of sp³-hybridized carbons (Fsp3) is 0.0833. The minimum atomic E-state index is -0.805. The van der Waals surface area contributed by atoms with Crippen molar-refractivity contribution in [3.8, 4) is 11.6 Å². The van der Waals surface area contributed by atoms with Gasteiger partial charge >= 0.3 is 5.69 Å². The summed E-state index contributed by atoms with van der Waals surface area (Å²) < 4.78 is 21.0. The predicted molar refractivity (Wildman–Crippen MR) is 78.8 cm³/mol. The molecule has 0 amide bonds. The van der Waals surface area contributed by atoms with Gasteiger partial charge in [-0.3, -0.25) is 14.5 Å². The molecule has 9 heteroatoms. The quantitative estimate of drug-likeness (QED) is 0.392. The Morgan fingerprint density at radius 1 is 1.52 bits per heavy atom. The van der Waals surface area contributed by atoms with E-state index >= 15 is 0 Å². The van der Waals surface area contributed by atoms with E-state index in [0.29, 0.717) is 16.0 Å². The van der Waals surface area contributed by atoms with Crippen molar-refractivity contribution in [1.82, 2.24) is 9.38 Å². The number of benzene rings is 1. The van der Waals surface area contributed by atoms with Gasteiger partial charge in [0.25, 0.3) is 0 Å². The monoisotopic (exact) mass is 371 g/mol. The van der Waals surface area contributed by atoms with Gasteiger partial charge in [-0.1, -0.05) is 22.0 Å². The fourth-order valence-corrected chi connectivity index (χ4v) is 3.09. The van der Waals surface area contributed by atoms with Crippen LogP contribution in [0.4, 0.5) is 10.1 Å². The Bertz CT molecular complexity index is 832. The lowest BCUT2D eigenvalue weighted by Crippen LogP contribution is -1.98. The van der Waals surface area contributed by atoms with E-state index < -0.39 is 22.2 Å². The number of nitrogens with zero attached hydrogens (tertiary/aromatic N) is 3. The minimum Gasteiger partial charge on any atom is -0.427 e. The van der Waals surface area contributed by atoms with Crippen LogP contribution >= 0.6 is 27.3 Å². The third-order valence-electron chi connectivity index (χ3n) is 2.79. The highest BCUT2D eigenvalue weighted by atomic mass is 79.9. The van der Waals surface area contributed by atoms with Crippen LogP contribution < -0.4 is 4.74 Å². The lowest BCUT2D eigenvalue weighted by molar-refractivity contribution is -0.385. The standard InChI is InChI=1S/C12H7BrFN3O3S/c13-6-9-11(15-12-16(9)4-5-21-12)20-10-7(14)2-1-3-8(10)17(18)19/h1-5H,6H2. The van der Waals surface area contributed by atoms with Crippen LogP contribution in [0.1, 0.15) is 5.69 Å². The van der Waals surface area contributed by atoms with Gasteiger partial charge in [-0.25, -0.2) is 4.39 Å². The van der Waals surface area contributed by atoms with E-state index in [9.17, 15) is 14.5 Å². The third kappa shape index (κ3) is 2.38. The van der Waals surface area contributed by atoms with Crippen molar-refractivity contribution in [2.45, 2.75) is 5.33 Å². The summed E-state index contributed by atoms with van der Waals surface area (Å²) in [4.78, 5) is 15.2. The van der Waals surface area contributed by atoms with Gasteiger partial charge < -0.3 is 4.74 Å². The average molecular weight is 372 g/mol. The van der Waals surface area contributed by atoms with E-state index in [1.807, 2.05) is 5.38 Å². The van der Waals surface area contributed by atoms with E-state index in [2.05, 4.69) is 20.9 Å². The molecule has 6 nitrogen and oxygen atoms in total. The van der Waals surface area contributed by atoms with Gasteiger partial charge in [0.05, 0.1) is 10.6 Å². The first-order valence-corrected chi connectivity index (χ1v) is 7.73. The molecule has 2 heterocycles. The number of halogens is 2. The van der Waals surface area contributed by atoms with Gasteiger partial charge in [0.1, 0.15) is 0 Å². The molecule has 0 aliphatic rings. The van der Waals surface area contributed by atoms with Crippen molar-refractivity contribution >= 4 is 37.9 Å². The molecule has 0 fully saturated rings. The van der Waals surface area contributed by atoms with E-state index in [1.54, 1.807) is 10.6 Å². The molecule has 0 atom stereocenters. The zero-order valence-electron chi connectivity index (χ0n) is 10.3. The van der Waals surface area contributed by atoms with Crippen molar-refractivity contribution in [1.29, 1.82) is 0 Å². The number of rotatable bonds is 4.